The summed E-state index contributed by atoms with van der Waals surface area (Å²) in [6.07, 6.45) is 0. The van der Waals surface area contributed by atoms with Crippen LogP contribution in [0, 0.1) is 0 Å². The third kappa shape index (κ3) is 4.30. The van der Waals surface area contributed by atoms with E-state index in [0.29, 0.717) is 24.3 Å². The summed E-state index contributed by atoms with van der Waals surface area (Å²) in [5.74, 6) is -0.205. The quantitative estimate of drug-likeness (QED) is 0.702. The maximum Gasteiger partial charge on any atom is 0.277 e. The molecule has 1 aliphatic heterocycles. The average molecular weight is 400 g/mol. The lowest BCUT2D eigenvalue weighted by Crippen LogP contribution is -2.52. The van der Waals surface area contributed by atoms with Crippen molar-refractivity contribution in [3.63, 3.8) is 0 Å². The molecule has 7 nitrogen and oxygen atoms in total. The van der Waals surface area contributed by atoms with Crippen molar-refractivity contribution >= 4 is 50.1 Å². The minimum absolute atomic E-state index is 0. The molecule has 4 N–H and O–H groups in total. The fourth-order valence-corrected chi connectivity index (χ4v) is 3.10. The number of piperazine rings is 1. The second-order valence-electron chi connectivity index (χ2n) is 4.47. The monoisotopic (exact) mass is 398 g/mol. The maximum atomic E-state index is 12.3. The number of carbonyl (C=O) groups is 1. The molecule has 0 atom stereocenters. The fourth-order valence-electron chi connectivity index (χ4n) is 2.04. The Labute approximate surface area is 138 Å². The van der Waals surface area contributed by atoms with Gasteiger partial charge in [0.15, 0.2) is 0 Å². The van der Waals surface area contributed by atoms with Gasteiger partial charge in [-0.05, 0) is 18.2 Å². The topological polar surface area (TPSA) is 110 Å². The van der Waals surface area contributed by atoms with Gasteiger partial charge in [-0.3, -0.25) is 4.79 Å². The Bertz CT molecular complexity index is 632. The van der Waals surface area contributed by atoms with Crippen LogP contribution in [0.5, 0.6) is 0 Å². The SMILES string of the molecule is Cl.Nc1cc(Br)ccc1C(=O)N1CCN(S(N)(=O)=O)CC1. The van der Waals surface area contributed by atoms with Gasteiger partial charge < -0.3 is 10.6 Å². The Morgan fingerprint density at radius 2 is 1.76 bits per heavy atom. The first-order chi connectivity index (χ1) is 9.29. The summed E-state index contributed by atoms with van der Waals surface area (Å²) in [6.45, 7) is 0.984. The van der Waals surface area contributed by atoms with Crippen molar-refractivity contribution in [3.05, 3.63) is 28.2 Å². The van der Waals surface area contributed by atoms with Gasteiger partial charge in [-0.25, -0.2) is 5.14 Å². The van der Waals surface area contributed by atoms with Crippen molar-refractivity contribution in [1.29, 1.82) is 0 Å². The van der Waals surface area contributed by atoms with Gasteiger partial charge in [0, 0.05) is 36.3 Å². The van der Waals surface area contributed by atoms with Crippen LogP contribution in [-0.2, 0) is 10.2 Å². The van der Waals surface area contributed by atoms with Crippen molar-refractivity contribution in [2.24, 2.45) is 5.14 Å². The van der Waals surface area contributed by atoms with Crippen LogP contribution in [0.25, 0.3) is 0 Å². The predicted octanol–water partition coefficient (Wildman–Crippen LogP) is 0.414. The summed E-state index contributed by atoms with van der Waals surface area (Å²) in [6, 6.07) is 5.05. The highest BCUT2D eigenvalue weighted by molar-refractivity contribution is 9.10. The minimum Gasteiger partial charge on any atom is -0.398 e. The standard InChI is InChI=1S/C11H15BrN4O3S.ClH/c12-8-1-2-9(10(13)7-8)11(17)15-3-5-16(6-4-15)20(14,18)19;/h1-2,7H,3-6,13H2,(H2,14,18,19);1H. The van der Waals surface area contributed by atoms with Crippen LogP contribution >= 0.6 is 28.3 Å². The molecule has 1 aromatic carbocycles. The van der Waals surface area contributed by atoms with Gasteiger partial charge in [-0.2, -0.15) is 12.7 Å². The van der Waals surface area contributed by atoms with E-state index in [1.54, 1.807) is 23.1 Å². The number of anilines is 1. The number of nitrogens with two attached hydrogens (primary N) is 2. The molecule has 1 fully saturated rings. The molecule has 1 saturated heterocycles. The Balaban J connectivity index is 0.00000220. The number of amides is 1. The van der Waals surface area contributed by atoms with Crippen molar-refractivity contribution in [2.45, 2.75) is 0 Å². The van der Waals surface area contributed by atoms with E-state index in [1.165, 1.54) is 0 Å². The van der Waals surface area contributed by atoms with Gasteiger partial charge in [0.25, 0.3) is 16.1 Å². The highest BCUT2D eigenvalue weighted by atomic mass is 79.9. The zero-order valence-corrected chi connectivity index (χ0v) is 14.2. The van der Waals surface area contributed by atoms with E-state index in [4.69, 9.17) is 10.9 Å². The van der Waals surface area contributed by atoms with Gasteiger partial charge in [-0.15, -0.1) is 12.4 Å². The van der Waals surface area contributed by atoms with Crippen molar-refractivity contribution in [3.8, 4) is 0 Å². The molecule has 0 saturated carbocycles. The predicted molar refractivity (Wildman–Crippen MR) is 86.4 cm³/mol. The van der Waals surface area contributed by atoms with E-state index in [2.05, 4.69) is 15.9 Å². The van der Waals surface area contributed by atoms with Crippen LogP contribution < -0.4 is 10.9 Å². The van der Waals surface area contributed by atoms with E-state index in [9.17, 15) is 13.2 Å². The van der Waals surface area contributed by atoms with Crippen LogP contribution in [-0.4, -0.2) is 49.7 Å². The van der Waals surface area contributed by atoms with E-state index < -0.39 is 10.2 Å². The molecule has 118 valence electrons. The number of rotatable bonds is 2. The van der Waals surface area contributed by atoms with Crippen LogP contribution in [0.4, 0.5) is 5.69 Å². The number of hydrogen-bond acceptors (Lipinski definition) is 4. The Morgan fingerprint density at radius 3 is 2.24 bits per heavy atom. The molecule has 0 aromatic heterocycles. The Kier molecular flexibility index (Phi) is 6.00. The lowest BCUT2D eigenvalue weighted by Gasteiger charge is -2.33. The van der Waals surface area contributed by atoms with Crippen molar-refractivity contribution < 1.29 is 13.2 Å². The third-order valence-corrected chi connectivity index (χ3v) is 4.71. The number of nitrogens with zero attached hydrogens (tertiary/aromatic N) is 2. The van der Waals surface area contributed by atoms with Gasteiger partial charge in [-0.1, -0.05) is 15.9 Å². The first-order valence-electron chi connectivity index (χ1n) is 5.91. The van der Waals surface area contributed by atoms with Gasteiger partial charge in [0.2, 0.25) is 0 Å². The summed E-state index contributed by atoms with van der Waals surface area (Å²) < 4.78 is 24.4. The maximum absolute atomic E-state index is 12.3. The number of halogens is 2. The van der Waals surface area contributed by atoms with Crippen molar-refractivity contribution in [2.75, 3.05) is 31.9 Å². The van der Waals surface area contributed by atoms with Crippen LogP contribution in [0.2, 0.25) is 0 Å². The summed E-state index contributed by atoms with van der Waals surface area (Å²) in [5, 5.41) is 5.05. The summed E-state index contributed by atoms with van der Waals surface area (Å²) in [7, 11) is -3.69. The molecule has 10 heteroatoms. The summed E-state index contributed by atoms with van der Waals surface area (Å²) >= 11 is 3.28. The number of carbonyl (C=O) groups excluding carboxylic acids is 1. The molecule has 0 unspecified atom stereocenters. The van der Waals surface area contributed by atoms with Gasteiger partial charge in [0.05, 0.1) is 5.56 Å². The molecular formula is C11H16BrClN4O3S. The minimum atomic E-state index is -3.69. The first kappa shape index (κ1) is 18.2. The van der Waals surface area contributed by atoms with Crippen LogP contribution in [0.1, 0.15) is 10.4 Å². The molecule has 1 aliphatic rings. The van der Waals surface area contributed by atoms with Crippen LogP contribution in [0.15, 0.2) is 22.7 Å². The molecule has 0 spiro atoms. The fraction of sp³-hybridized carbons (Fsp3) is 0.364. The summed E-state index contributed by atoms with van der Waals surface area (Å²) in [4.78, 5) is 13.9. The largest absolute Gasteiger partial charge is 0.398 e. The molecule has 0 aliphatic carbocycles. The molecule has 2 rings (SSSR count). The van der Waals surface area contributed by atoms with E-state index in [0.717, 1.165) is 8.78 Å². The molecule has 21 heavy (non-hydrogen) atoms. The number of benzene rings is 1. The highest BCUT2D eigenvalue weighted by Gasteiger charge is 2.27. The zero-order chi connectivity index (χ0) is 14.9. The van der Waals surface area contributed by atoms with Crippen LogP contribution in [0.3, 0.4) is 0 Å². The second-order valence-corrected chi connectivity index (χ2v) is 6.93. The summed E-state index contributed by atoms with van der Waals surface area (Å²) in [5.41, 5.74) is 6.62. The Morgan fingerprint density at radius 1 is 1.19 bits per heavy atom. The second kappa shape index (κ2) is 6.93. The van der Waals surface area contributed by atoms with Gasteiger partial charge in [0.1, 0.15) is 0 Å². The normalized spacial score (nSPS) is 16.4. The molecule has 1 heterocycles. The lowest BCUT2D eigenvalue weighted by atomic mass is 10.1. The van der Waals surface area contributed by atoms with Crippen molar-refractivity contribution in [1.82, 2.24) is 9.21 Å². The average Bonchev–Trinajstić information content (AvgIpc) is 2.37. The van der Waals surface area contributed by atoms with E-state index in [1.807, 2.05) is 0 Å². The highest BCUT2D eigenvalue weighted by Crippen LogP contribution is 2.20. The number of hydrogen-bond donors (Lipinski definition) is 2. The molecular weight excluding hydrogens is 384 g/mol. The molecule has 0 radical (unpaired) electrons. The van der Waals surface area contributed by atoms with E-state index >= 15 is 0 Å². The molecule has 1 amide bonds. The number of nitrogen functional groups attached to an aromatic ring is 1. The first-order valence-corrected chi connectivity index (χ1v) is 8.21. The zero-order valence-electron chi connectivity index (χ0n) is 11.0. The van der Waals surface area contributed by atoms with E-state index in [-0.39, 0.29) is 31.4 Å². The molecule has 1 aromatic rings. The lowest BCUT2D eigenvalue weighted by molar-refractivity contribution is 0.0699. The molecule has 0 bridgehead atoms. The Hall–Kier alpha value is -0.870. The third-order valence-electron chi connectivity index (χ3n) is 3.13. The smallest absolute Gasteiger partial charge is 0.277 e. The van der Waals surface area contributed by atoms with Gasteiger partial charge >= 0.3 is 0 Å².